The topological polar surface area (TPSA) is 43.1 Å². The fourth-order valence-corrected chi connectivity index (χ4v) is 2.10. The molecule has 0 spiro atoms. The second-order valence-electron chi connectivity index (χ2n) is 2.23. The van der Waals surface area contributed by atoms with Crippen LogP contribution in [-0.2, 0) is 0 Å². The summed E-state index contributed by atoms with van der Waals surface area (Å²) in [7, 11) is 0. The van der Waals surface area contributed by atoms with Crippen LogP contribution in [0.1, 0.15) is 6.42 Å². The van der Waals surface area contributed by atoms with E-state index in [4.69, 9.17) is 22.2 Å². The summed E-state index contributed by atoms with van der Waals surface area (Å²) >= 11 is 11.4. The molecule has 0 radical (unpaired) electrons. The minimum absolute atomic E-state index is 0.0258. The van der Waals surface area contributed by atoms with E-state index >= 15 is 0 Å². The maximum Gasteiger partial charge on any atom is 0.248 e. The highest BCUT2D eigenvalue weighted by Gasteiger charge is 2.20. The number of rotatable bonds is 4. The lowest BCUT2D eigenvalue weighted by Gasteiger charge is -2.06. The van der Waals surface area contributed by atoms with E-state index in [0.717, 1.165) is 0 Å². The first kappa shape index (κ1) is 10.2. The number of hydrogen-bond donors (Lipinski definition) is 0. The lowest BCUT2D eigenvalue weighted by Crippen LogP contribution is -2.14. The van der Waals surface area contributed by atoms with Crippen molar-refractivity contribution in [3.05, 3.63) is 10.1 Å². The summed E-state index contributed by atoms with van der Waals surface area (Å²) in [6.07, 6.45) is 0.489. The standard InChI is InChI=1S/C4H9Cl2NO2Si/c1-10(5,6)4-2-3-7(8)9/h2-4H2,1H3. The van der Waals surface area contributed by atoms with Crippen LogP contribution in [-0.4, -0.2) is 18.2 Å². The summed E-state index contributed by atoms with van der Waals surface area (Å²) in [6, 6.07) is 0.594. The van der Waals surface area contributed by atoms with Crippen molar-refractivity contribution >= 4 is 28.9 Å². The molecule has 0 bridgehead atoms. The summed E-state index contributed by atoms with van der Waals surface area (Å²) < 4.78 is 0. The maximum atomic E-state index is 9.82. The van der Waals surface area contributed by atoms with E-state index in [-0.39, 0.29) is 11.5 Å². The second kappa shape index (κ2) is 4.15. The van der Waals surface area contributed by atoms with Gasteiger partial charge in [0.25, 0.3) is 0 Å². The number of hydrogen-bond acceptors (Lipinski definition) is 2. The van der Waals surface area contributed by atoms with Gasteiger partial charge in [-0.25, -0.2) is 0 Å². The zero-order valence-electron chi connectivity index (χ0n) is 5.64. The van der Waals surface area contributed by atoms with E-state index in [1.54, 1.807) is 6.55 Å². The van der Waals surface area contributed by atoms with Crippen LogP contribution in [0.15, 0.2) is 0 Å². The van der Waals surface area contributed by atoms with Gasteiger partial charge in [-0.2, -0.15) is 0 Å². The third-order valence-electron chi connectivity index (χ3n) is 0.956. The molecule has 0 saturated carbocycles. The molecule has 0 aliphatic heterocycles. The average molecular weight is 202 g/mol. The normalized spacial score (nSPS) is 11.5. The summed E-state index contributed by atoms with van der Waals surface area (Å²) in [4.78, 5) is 9.47. The van der Waals surface area contributed by atoms with E-state index in [0.29, 0.717) is 12.5 Å². The number of nitro groups is 1. The molecule has 0 unspecified atom stereocenters. The van der Waals surface area contributed by atoms with Crippen LogP contribution in [0, 0.1) is 10.1 Å². The molecule has 0 aliphatic carbocycles. The van der Waals surface area contributed by atoms with Gasteiger partial charge >= 0.3 is 0 Å². The smallest absolute Gasteiger partial charge is 0.248 e. The Morgan fingerprint density at radius 2 is 2.10 bits per heavy atom. The quantitative estimate of drug-likeness (QED) is 0.303. The molecule has 0 N–H and O–H groups in total. The minimum atomic E-state index is -2.08. The van der Waals surface area contributed by atoms with Gasteiger partial charge in [0.05, 0.1) is 0 Å². The fourth-order valence-electron chi connectivity index (χ4n) is 0.519. The van der Waals surface area contributed by atoms with Gasteiger partial charge in [0.15, 0.2) is 0 Å². The van der Waals surface area contributed by atoms with Crippen molar-refractivity contribution in [1.29, 1.82) is 0 Å². The molecule has 0 aliphatic rings. The SMILES string of the molecule is C[Si](Cl)(Cl)CCC[N+](=O)[O-]. The van der Waals surface area contributed by atoms with E-state index in [1.165, 1.54) is 0 Å². The van der Waals surface area contributed by atoms with Gasteiger partial charge in [-0.05, 0) is 12.6 Å². The van der Waals surface area contributed by atoms with Crippen LogP contribution in [0.3, 0.4) is 0 Å². The van der Waals surface area contributed by atoms with Gasteiger partial charge < -0.3 is 0 Å². The Bertz CT molecular complexity index is 125. The Morgan fingerprint density at radius 3 is 2.40 bits per heavy atom. The molecular weight excluding hydrogens is 193 g/mol. The van der Waals surface area contributed by atoms with Gasteiger partial charge in [0, 0.05) is 11.3 Å². The minimum Gasteiger partial charge on any atom is -0.265 e. The zero-order chi connectivity index (χ0) is 8.20. The summed E-state index contributed by atoms with van der Waals surface area (Å²) in [5.41, 5.74) is 0. The molecule has 0 saturated heterocycles. The zero-order valence-corrected chi connectivity index (χ0v) is 8.15. The molecule has 0 fully saturated rings. The maximum absolute atomic E-state index is 9.82. The third kappa shape index (κ3) is 8.20. The monoisotopic (exact) mass is 201 g/mol. The molecule has 0 aromatic heterocycles. The highest BCUT2D eigenvalue weighted by molar-refractivity contribution is 7.44. The van der Waals surface area contributed by atoms with Crippen molar-refractivity contribution in [1.82, 2.24) is 0 Å². The Hall–Kier alpha value is 0.197. The van der Waals surface area contributed by atoms with Crippen LogP contribution < -0.4 is 0 Å². The molecule has 3 nitrogen and oxygen atoms in total. The largest absolute Gasteiger partial charge is 0.265 e. The Labute approximate surface area is 69.9 Å². The third-order valence-corrected chi connectivity index (χ3v) is 3.32. The van der Waals surface area contributed by atoms with Crippen LogP contribution >= 0.6 is 22.2 Å². The molecule has 0 amide bonds. The number of halogens is 2. The van der Waals surface area contributed by atoms with E-state index in [9.17, 15) is 10.1 Å². The highest BCUT2D eigenvalue weighted by Crippen LogP contribution is 2.20. The van der Waals surface area contributed by atoms with Gasteiger partial charge in [0.2, 0.25) is 13.2 Å². The molecular formula is C4H9Cl2NO2Si. The molecule has 0 heterocycles. The number of nitrogens with zero attached hydrogens (tertiary/aromatic N) is 1. The van der Waals surface area contributed by atoms with Crippen molar-refractivity contribution in [2.24, 2.45) is 0 Å². The van der Waals surface area contributed by atoms with E-state index in [2.05, 4.69) is 0 Å². The second-order valence-corrected chi connectivity index (χ2v) is 10.5. The van der Waals surface area contributed by atoms with E-state index < -0.39 is 6.69 Å². The van der Waals surface area contributed by atoms with Gasteiger partial charge in [0.1, 0.15) is 0 Å². The van der Waals surface area contributed by atoms with Gasteiger partial charge in [-0.15, -0.1) is 22.2 Å². The molecule has 0 aromatic rings. The Balaban J connectivity index is 3.29. The molecule has 0 aromatic carbocycles. The molecule has 60 valence electrons. The lowest BCUT2D eigenvalue weighted by molar-refractivity contribution is -0.479. The average Bonchev–Trinajstić information content (AvgIpc) is 1.59. The fraction of sp³-hybridized carbons (Fsp3) is 1.00. The van der Waals surface area contributed by atoms with E-state index in [1.807, 2.05) is 0 Å². The Kier molecular flexibility index (Phi) is 4.24. The molecule has 0 atom stereocenters. The summed E-state index contributed by atoms with van der Waals surface area (Å²) in [5, 5.41) is 9.82. The lowest BCUT2D eigenvalue weighted by atomic mass is 10.5. The first-order chi connectivity index (χ1) is 4.42. The molecule has 0 rings (SSSR count). The summed E-state index contributed by atoms with van der Waals surface area (Å²) in [6.45, 7) is -0.350. The molecule has 6 heteroatoms. The van der Waals surface area contributed by atoms with Gasteiger partial charge in [-0.3, -0.25) is 10.1 Å². The predicted octanol–water partition coefficient (Wildman–Crippen LogP) is 2.20. The highest BCUT2D eigenvalue weighted by atomic mass is 35.7. The van der Waals surface area contributed by atoms with Crippen LogP contribution in [0.4, 0.5) is 0 Å². The van der Waals surface area contributed by atoms with Crippen LogP contribution in [0.5, 0.6) is 0 Å². The van der Waals surface area contributed by atoms with Gasteiger partial charge in [-0.1, -0.05) is 0 Å². The van der Waals surface area contributed by atoms with Crippen molar-refractivity contribution < 1.29 is 4.92 Å². The van der Waals surface area contributed by atoms with Crippen LogP contribution in [0.2, 0.25) is 12.6 Å². The predicted molar refractivity (Wildman–Crippen MR) is 44.6 cm³/mol. The van der Waals surface area contributed by atoms with Crippen LogP contribution in [0.25, 0.3) is 0 Å². The molecule has 10 heavy (non-hydrogen) atoms. The first-order valence-electron chi connectivity index (χ1n) is 2.91. The Morgan fingerprint density at radius 1 is 1.60 bits per heavy atom. The van der Waals surface area contributed by atoms with Crippen molar-refractivity contribution in [2.45, 2.75) is 19.0 Å². The van der Waals surface area contributed by atoms with Crippen molar-refractivity contribution in [3.8, 4) is 0 Å². The van der Waals surface area contributed by atoms with Crippen molar-refractivity contribution in [2.75, 3.05) is 6.54 Å². The van der Waals surface area contributed by atoms with Crippen molar-refractivity contribution in [3.63, 3.8) is 0 Å². The first-order valence-corrected chi connectivity index (χ1v) is 7.64. The summed E-state index contributed by atoms with van der Waals surface area (Å²) in [5.74, 6) is 0.